The molecule has 0 radical (unpaired) electrons. The van der Waals surface area contributed by atoms with E-state index in [-0.39, 0.29) is 17.7 Å². The number of carboxylic acid groups (broad SMARTS) is 1. The maximum atomic E-state index is 12.2. The van der Waals surface area contributed by atoms with Gasteiger partial charge in [-0.05, 0) is 38.5 Å². The molecule has 2 fully saturated rings. The molecule has 2 N–H and O–H groups in total. The van der Waals surface area contributed by atoms with E-state index in [0.717, 1.165) is 11.4 Å². The molecule has 0 atom stereocenters. The molecule has 3 rings (SSSR count). The van der Waals surface area contributed by atoms with Crippen molar-refractivity contribution < 1.29 is 14.7 Å². The fourth-order valence-corrected chi connectivity index (χ4v) is 4.95. The molecule has 2 aliphatic carbocycles. The Labute approximate surface area is 153 Å². The van der Waals surface area contributed by atoms with Gasteiger partial charge in [-0.25, -0.2) is 4.98 Å². The van der Waals surface area contributed by atoms with Gasteiger partial charge in [-0.3, -0.25) is 9.59 Å². The summed E-state index contributed by atoms with van der Waals surface area (Å²) >= 11 is 1.71. The SMILES string of the molecule is O=C(O)C1CCC(C(=O)NCCc2nc(C3CCCCC3)cs2)CC1. The quantitative estimate of drug-likeness (QED) is 0.806. The average molecular weight is 365 g/mol. The summed E-state index contributed by atoms with van der Waals surface area (Å²) in [7, 11) is 0. The molecule has 0 aromatic carbocycles. The highest BCUT2D eigenvalue weighted by molar-refractivity contribution is 7.09. The standard InChI is InChI=1S/C19H28N2O3S/c22-18(14-6-8-15(9-7-14)19(23)24)20-11-10-17-21-16(12-25-17)13-4-2-1-3-5-13/h12-15H,1-11H2,(H,20,22)(H,23,24). The zero-order chi connectivity index (χ0) is 17.6. The Morgan fingerprint density at radius 1 is 1.08 bits per heavy atom. The molecule has 2 saturated carbocycles. The first-order chi connectivity index (χ1) is 12.1. The van der Waals surface area contributed by atoms with Gasteiger partial charge in [0.2, 0.25) is 5.91 Å². The minimum Gasteiger partial charge on any atom is -0.481 e. The predicted molar refractivity (Wildman–Crippen MR) is 97.7 cm³/mol. The van der Waals surface area contributed by atoms with E-state index < -0.39 is 5.97 Å². The van der Waals surface area contributed by atoms with Gasteiger partial charge in [0, 0.05) is 30.2 Å². The van der Waals surface area contributed by atoms with Crippen LogP contribution in [-0.2, 0) is 16.0 Å². The number of carboxylic acids is 1. The van der Waals surface area contributed by atoms with Crippen LogP contribution in [0, 0.1) is 11.8 Å². The van der Waals surface area contributed by atoms with Crippen LogP contribution < -0.4 is 5.32 Å². The van der Waals surface area contributed by atoms with Crippen molar-refractivity contribution in [2.45, 2.75) is 70.1 Å². The van der Waals surface area contributed by atoms with Crippen LogP contribution in [0.1, 0.15) is 74.4 Å². The summed E-state index contributed by atoms with van der Waals surface area (Å²) in [5, 5.41) is 15.3. The molecule has 6 heteroatoms. The van der Waals surface area contributed by atoms with E-state index in [2.05, 4.69) is 10.7 Å². The largest absolute Gasteiger partial charge is 0.481 e. The molecular formula is C19H28N2O3S. The van der Waals surface area contributed by atoms with Crippen molar-refractivity contribution in [3.05, 3.63) is 16.1 Å². The monoisotopic (exact) mass is 364 g/mol. The predicted octanol–water partition coefficient (Wildman–Crippen LogP) is 3.74. The lowest BCUT2D eigenvalue weighted by atomic mass is 9.81. The minimum absolute atomic E-state index is 0.0234. The fraction of sp³-hybridized carbons (Fsp3) is 0.737. The number of aromatic nitrogens is 1. The minimum atomic E-state index is -0.726. The highest BCUT2D eigenvalue weighted by atomic mass is 32.1. The Morgan fingerprint density at radius 2 is 1.76 bits per heavy atom. The van der Waals surface area contributed by atoms with Crippen LogP contribution >= 0.6 is 11.3 Å². The number of hydrogen-bond donors (Lipinski definition) is 2. The first-order valence-corrected chi connectivity index (χ1v) is 10.5. The molecule has 1 amide bonds. The van der Waals surface area contributed by atoms with Crippen LogP contribution in [0.4, 0.5) is 0 Å². The number of aliphatic carboxylic acids is 1. The lowest BCUT2D eigenvalue weighted by Crippen LogP contribution is -2.35. The Kier molecular flexibility index (Phi) is 6.45. The third kappa shape index (κ3) is 5.03. The third-order valence-electron chi connectivity index (χ3n) is 5.68. The summed E-state index contributed by atoms with van der Waals surface area (Å²) in [6, 6.07) is 0. The van der Waals surface area contributed by atoms with Crippen molar-refractivity contribution in [1.29, 1.82) is 0 Å². The smallest absolute Gasteiger partial charge is 0.306 e. The van der Waals surface area contributed by atoms with Crippen molar-refractivity contribution in [2.24, 2.45) is 11.8 Å². The Hall–Kier alpha value is -1.43. The van der Waals surface area contributed by atoms with E-state index in [9.17, 15) is 9.59 Å². The van der Waals surface area contributed by atoms with Crippen LogP contribution in [0.5, 0.6) is 0 Å². The second-order valence-electron chi connectivity index (χ2n) is 7.43. The number of carbonyl (C=O) groups excluding carboxylic acids is 1. The maximum absolute atomic E-state index is 12.2. The van der Waals surface area contributed by atoms with Gasteiger partial charge in [0.25, 0.3) is 0 Å². The number of thiazole rings is 1. The summed E-state index contributed by atoms with van der Waals surface area (Å²) in [6.07, 6.45) is 9.90. The first kappa shape index (κ1) is 18.4. The zero-order valence-electron chi connectivity index (χ0n) is 14.7. The molecular weight excluding hydrogens is 336 g/mol. The first-order valence-electron chi connectivity index (χ1n) is 9.58. The highest BCUT2D eigenvalue weighted by Crippen LogP contribution is 2.33. The van der Waals surface area contributed by atoms with Gasteiger partial charge in [0.05, 0.1) is 16.6 Å². The number of rotatable bonds is 6. The van der Waals surface area contributed by atoms with E-state index in [1.54, 1.807) is 11.3 Å². The average Bonchev–Trinajstić information content (AvgIpc) is 3.11. The lowest BCUT2D eigenvalue weighted by molar-refractivity contribution is -0.144. The van der Waals surface area contributed by atoms with Gasteiger partial charge in [-0.2, -0.15) is 0 Å². The molecule has 2 aliphatic rings. The van der Waals surface area contributed by atoms with Crippen molar-refractivity contribution in [3.63, 3.8) is 0 Å². The Morgan fingerprint density at radius 3 is 2.44 bits per heavy atom. The topological polar surface area (TPSA) is 79.3 Å². The second-order valence-corrected chi connectivity index (χ2v) is 8.37. The van der Waals surface area contributed by atoms with E-state index in [1.807, 2.05) is 0 Å². The summed E-state index contributed by atoms with van der Waals surface area (Å²) in [4.78, 5) is 28.0. The van der Waals surface area contributed by atoms with E-state index in [4.69, 9.17) is 10.1 Å². The number of hydrogen-bond acceptors (Lipinski definition) is 4. The molecule has 0 unspecified atom stereocenters. The Balaban J connectivity index is 1.39. The number of amides is 1. The van der Waals surface area contributed by atoms with Crippen LogP contribution in [0.2, 0.25) is 0 Å². The second kappa shape index (κ2) is 8.79. The van der Waals surface area contributed by atoms with Crippen molar-refractivity contribution in [1.82, 2.24) is 10.3 Å². The van der Waals surface area contributed by atoms with Gasteiger partial charge < -0.3 is 10.4 Å². The molecule has 5 nitrogen and oxygen atoms in total. The molecule has 0 bridgehead atoms. The molecule has 1 aromatic rings. The highest BCUT2D eigenvalue weighted by Gasteiger charge is 2.29. The van der Waals surface area contributed by atoms with Crippen molar-refractivity contribution in [3.8, 4) is 0 Å². The lowest BCUT2D eigenvalue weighted by Gasteiger charge is -2.25. The molecule has 25 heavy (non-hydrogen) atoms. The van der Waals surface area contributed by atoms with Gasteiger partial charge in [0.15, 0.2) is 0 Å². The molecule has 1 heterocycles. The maximum Gasteiger partial charge on any atom is 0.306 e. The zero-order valence-corrected chi connectivity index (χ0v) is 15.5. The fourth-order valence-electron chi connectivity index (χ4n) is 4.07. The van der Waals surface area contributed by atoms with Gasteiger partial charge in [-0.15, -0.1) is 11.3 Å². The summed E-state index contributed by atoms with van der Waals surface area (Å²) in [6.45, 7) is 0.620. The summed E-state index contributed by atoms with van der Waals surface area (Å²) < 4.78 is 0. The van der Waals surface area contributed by atoms with E-state index in [1.165, 1.54) is 37.8 Å². The van der Waals surface area contributed by atoms with Gasteiger partial charge in [-0.1, -0.05) is 19.3 Å². The Bertz CT molecular complexity index is 587. The van der Waals surface area contributed by atoms with Gasteiger partial charge >= 0.3 is 5.97 Å². The number of nitrogens with one attached hydrogen (secondary N) is 1. The van der Waals surface area contributed by atoms with Crippen LogP contribution in [0.15, 0.2) is 5.38 Å². The molecule has 0 aliphatic heterocycles. The third-order valence-corrected chi connectivity index (χ3v) is 6.61. The molecule has 0 saturated heterocycles. The van der Waals surface area contributed by atoms with E-state index in [0.29, 0.717) is 38.1 Å². The van der Waals surface area contributed by atoms with Crippen molar-refractivity contribution >= 4 is 23.2 Å². The number of nitrogens with zero attached hydrogens (tertiary/aromatic N) is 1. The molecule has 0 spiro atoms. The summed E-state index contributed by atoms with van der Waals surface area (Å²) in [5.41, 5.74) is 1.25. The van der Waals surface area contributed by atoms with Crippen LogP contribution in [0.3, 0.4) is 0 Å². The molecule has 138 valence electrons. The van der Waals surface area contributed by atoms with Gasteiger partial charge in [0.1, 0.15) is 0 Å². The molecule has 1 aromatic heterocycles. The van der Waals surface area contributed by atoms with Crippen molar-refractivity contribution in [2.75, 3.05) is 6.54 Å². The summed E-state index contributed by atoms with van der Waals surface area (Å²) in [5.74, 6) is -0.302. The van der Waals surface area contributed by atoms with Crippen LogP contribution in [-0.4, -0.2) is 28.5 Å². The van der Waals surface area contributed by atoms with E-state index >= 15 is 0 Å². The number of carbonyl (C=O) groups is 2. The normalized spacial score (nSPS) is 24.8. The van der Waals surface area contributed by atoms with Crippen LogP contribution in [0.25, 0.3) is 0 Å².